The predicted molar refractivity (Wildman–Crippen MR) is 46.4 cm³/mol. The second kappa shape index (κ2) is 4.61. The second-order valence-electron chi connectivity index (χ2n) is 2.30. The fraction of sp³-hybridized carbons (Fsp3) is 0.500. The lowest BCUT2D eigenvalue weighted by Gasteiger charge is -2.10. The van der Waals surface area contributed by atoms with Crippen LogP contribution in [0.5, 0.6) is 0 Å². The van der Waals surface area contributed by atoms with Crippen LogP contribution in [0.25, 0.3) is 0 Å². The molecule has 0 spiro atoms. The fourth-order valence-electron chi connectivity index (χ4n) is 0.715. The highest BCUT2D eigenvalue weighted by Crippen LogP contribution is 2.12. The first kappa shape index (κ1) is 9.72. The summed E-state index contributed by atoms with van der Waals surface area (Å²) in [5.74, 6) is -0.161. The number of rotatable bonds is 4. The minimum atomic E-state index is -0.161. The molecule has 0 aliphatic rings. The molecule has 0 radical (unpaired) electrons. The van der Waals surface area contributed by atoms with Crippen molar-refractivity contribution in [3.05, 3.63) is 0 Å². The molecular formula is C6H8N4O2S. The largest absolute Gasteiger partial charge is 0.303 e. The van der Waals surface area contributed by atoms with Crippen LogP contribution in [0.4, 0.5) is 5.13 Å². The average molecular weight is 200 g/mol. The van der Waals surface area contributed by atoms with Crippen molar-refractivity contribution in [1.82, 2.24) is 14.8 Å². The quantitative estimate of drug-likeness (QED) is 0.633. The minimum Gasteiger partial charge on any atom is -0.303 e. The van der Waals surface area contributed by atoms with E-state index in [0.717, 1.165) is 11.5 Å². The highest BCUT2D eigenvalue weighted by molar-refractivity contribution is 7.09. The number of carbonyl (C=O) groups is 2. The molecule has 0 atom stereocenters. The number of aromatic nitrogens is 3. The van der Waals surface area contributed by atoms with Crippen molar-refractivity contribution in [3.63, 3.8) is 0 Å². The summed E-state index contributed by atoms with van der Waals surface area (Å²) < 4.78 is 3.52. The molecular weight excluding hydrogens is 192 g/mol. The molecule has 0 saturated carbocycles. The highest BCUT2D eigenvalue weighted by Gasteiger charge is 2.13. The van der Waals surface area contributed by atoms with Gasteiger partial charge in [-0.15, -0.1) is 0 Å². The van der Waals surface area contributed by atoms with Gasteiger partial charge in [0.2, 0.25) is 11.0 Å². The Bertz CT molecular complexity index is 287. The van der Waals surface area contributed by atoms with E-state index in [1.807, 2.05) is 0 Å². The van der Waals surface area contributed by atoms with Crippen molar-refractivity contribution in [2.75, 3.05) is 11.9 Å². The number of hydrogen-bond donors (Lipinski definition) is 0. The molecule has 0 bridgehead atoms. The van der Waals surface area contributed by atoms with E-state index < -0.39 is 0 Å². The van der Waals surface area contributed by atoms with Gasteiger partial charge in [-0.3, -0.25) is 9.69 Å². The van der Waals surface area contributed by atoms with Gasteiger partial charge in [0.05, 0.1) is 0 Å². The van der Waals surface area contributed by atoms with Crippen LogP contribution in [0.3, 0.4) is 0 Å². The molecule has 1 heterocycles. The zero-order valence-electron chi connectivity index (χ0n) is 7.01. The van der Waals surface area contributed by atoms with Crippen LogP contribution >= 0.6 is 11.5 Å². The average Bonchev–Trinajstić information content (AvgIpc) is 2.65. The molecule has 7 heteroatoms. The smallest absolute Gasteiger partial charge is 0.234 e. The third-order valence-electron chi connectivity index (χ3n) is 1.43. The Kier molecular flexibility index (Phi) is 3.44. The Hall–Kier alpha value is -1.37. The van der Waals surface area contributed by atoms with Crippen molar-refractivity contribution in [1.29, 1.82) is 0 Å². The Balaban J connectivity index is 2.52. The van der Waals surface area contributed by atoms with Gasteiger partial charge in [0.15, 0.2) is 0 Å². The maximum Gasteiger partial charge on any atom is 0.234 e. The van der Waals surface area contributed by atoms with Gasteiger partial charge in [-0.05, 0) is 5.21 Å². The van der Waals surface area contributed by atoms with Crippen molar-refractivity contribution >= 4 is 28.9 Å². The molecule has 1 aromatic rings. The van der Waals surface area contributed by atoms with Crippen LogP contribution in [-0.2, 0) is 9.59 Å². The summed E-state index contributed by atoms with van der Waals surface area (Å²) in [6, 6.07) is 0. The summed E-state index contributed by atoms with van der Waals surface area (Å²) in [4.78, 5) is 22.6. The molecule has 1 aromatic heterocycles. The molecule has 1 amide bonds. The van der Waals surface area contributed by atoms with E-state index >= 15 is 0 Å². The third-order valence-corrected chi connectivity index (χ3v) is 2.10. The van der Waals surface area contributed by atoms with Crippen molar-refractivity contribution in [2.24, 2.45) is 0 Å². The number of nitrogens with zero attached hydrogens (tertiary/aromatic N) is 4. The van der Waals surface area contributed by atoms with Gasteiger partial charge in [0, 0.05) is 31.4 Å². The molecule has 1 rings (SSSR count). The van der Waals surface area contributed by atoms with E-state index in [0.29, 0.717) is 11.4 Å². The maximum atomic E-state index is 11.3. The lowest BCUT2D eigenvalue weighted by atomic mass is 10.3. The number of amides is 1. The predicted octanol–water partition coefficient (Wildman–Crippen LogP) is -0.125. The number of aldehydes is 1. The molecule has 0 aliphatic carbocycles. The van der Waals surface area contributed by atoms with Gasteiger partial charge in [0.1, 0.15) is 6.29 Å². The van der Waals surface area contributed by atoms with E-state index in [9.17, 15) is 9.59 Å². The lowest BCUT2D eigenvalue weighted by molar-refractivity contribution is -0.120. The molecule has 6 nitrogen and oxygen atoms in total. The Morgan fingerprint density at radius 2 is 2.46 bits per heavy atom. The first-order valence-corrected chi connectivity index (χ1v) is 4.38. The van der Waals surface area contributed by atoms with Gasteiger partial charge in [-0.1, -0.05) is 9.59 Å². The van der Waals surface area contributed by atoms with Crippen molar-refractivity contribution in [3.8, 4) is 0 Å². The lowest BCUT2D eigenvalue weighted by Crippen LogP contribution is -2.25. The summed E-state index contributed by atoms with van der Waals surface area (Å²) >= 11 is 1.04. The summed E-state index contributed by atoms with van der Waals surface area (Å²) in [6.07, 6.45) is 1.14. The van der Waals surface area contributed by atoms with E-state index in [1.54, 1.807) is 7.05 Å². The number of carbonyl (C=O) groups excluding carboxylic acids is 2. The van der Waals surface area contributed by atoms with Crippen molar-refractivity contribution in [2.45, 2.75) is 12.8 Å². The van der Waals surface area contributed by atoms with Crippen LogP contribution in [0.15, 0.2) is 0 Å². The summed E-state index contributed by atoms with van der Waals surface area (Å²) in [7, 11) is 1.58. The van der Waals surface area contributed by atoms with Gasteiger partial charge in [0.25, 0.3) is 0 Å². The standard InChI is InChI=1S/C6H8N4O2S/c1-10(5(12)3-2-4-11)6-7-8-9-13-6/h4H,2-3H2,1H3. The molecule has 0 saturated heterocycles. The van der Waals surface area contributed by atoms with Crippen LogP contribution < -0.4 is 4.90 Å². The van der Waals surface area contributed by atoms with Crippen LogP contribution in [0.2, 0.25) is 0 Å². The van der Waals surface area contributed by atoms with Crippen molar-refractivity contribution < 1.29 is 9.59 Å². The fourth-order valence-corrected chi connectivity index (χ4v) is 1.16. The normalized spacial score (nSPS) is 9.62. The molecule has 0 N–H and O–H groups in total. The van der Waals surface area contributed by atoms with Gasteiger partial charge in [-0.25, -0.2) is 0 Å². The van der Waals surface area contributed by atoms with Gasteiger partial charge < -0.3 is 4.79 Å². The summed E-state index contributed by atoms with van der Waals surface area (Å²) in [6.45, 7) is 0. The van der Waals surface area contributed by atoms with E-state index in [-0.39, 0.29) is 18.7 Å². The molecule has 0 fully saturated rings. The first-order valence-electron chi connectivity index (χ1n) is 3.61. The maximum absolute atomic E-state index is 11.3. The molecule has 0 aliphatic heterocycles. The molecule has 13 heavy (non-hydrogen) atoms. The Morgan fingerprint density at radius 1 is 1.69 bits per heavy atom. The molecule has 0 unspecified atom stereocenters. The minimum absolute atomic E-state index is 0.161. The first-order chi connectivity index (χ1) is 6.25. The molecule has 0 aromatic carbocycles. The van der Waals surface area contributed by atoms with Crippen LogP contribution in [0.1, 0.15) is 12.8 Å². The monoisotopic (exact) mass is 200 g/mol. The number of anilines is 1. The van der Waals surface area contributed by atoms with E-state index in [1.165, 1.54) is 4.90 Å². The third kappa shape index (κ3) is 2.55. The van der Waals surface area contributed by atoms with E-state index in [2.05, 4.69) is 14.8 Å². The number of hydrogen-bond acceptors (Lipinski definition) is 6. The molecule has 70 valence electrons. The SMILES string of the molecule is CN(C(=O)CCC=O)c1nnns1. The zero-order valence-corrected chi connectivity index (χ0v) is 7.82. The highest BCUT2D eigenvalue weighted by atomic mass is 32.1. The second-order valence-corrected chi connectivity index (χ2v) is 3.01. The summed E-state index contributed by atoms with van der Waals surface area (Å²) in [5.41, 5.74) is 0. The van der Waals surface area contributed by atoms with Crippen LogP contribution in [-0.4, -0.2) is 34.0 Å². The summed E-state index contributed by atoms with van der Waals surface area (Å²) in [5, 5.41) is 7.42. The van der Waals surface area contributed by atoms with Gasteiger partial charge >= 0.3 is 0 Å². The zero-order chi connectivity index (χ0) is 9.68. The Labute approximate surface area is 78.7 Å². The topological polar surface area (TPSA) is 76.1 Å². The Morgan fingerprint density at radius 3 is 3.00 bits per heavy atom. The van der Waals surface area contributed by atoms with E-state index in [4.69, 9.17) is 0 Å². The van der Waals surface area contributed by atoms with Gasteiger partial charge in [-0.2, -0.15) is 0 Å². The van der Waals surface area contributed by atoms with Crippen LogP contribution in [0, 0.1) is 0 Å².